The molecule has 4 atom stereocenters. The molecule has 2 unspecified atom stereocenters. The van der Waals surface area contributed by atoms with Gasteiger partial charge >= 0.3 is 22.3 Å². The molecular weight excluding hydrogens is 697 g/mol. The Labute approximate surface area is 300 Å². The van der Waals surface area contributed by atoms with Crippen molar-refractivity contribution in [2.75, 3.05) is 32.8 Å². The van der Waals surface area contributed by atoms with Crippen molar-refractivity contribution in [2.45, 2.75) is 95.3 Å². The van der Waals surface area contributed by atoms with E-state index in [9.17, 15) is 38.2 Å². The molecule has 280 valence electrons. The fourth-order valence-corrected chi connectivity index (χ4v) is 9.73. The standard InChI is InChI=1S/C34H51BN4O10P2/c1-26(2)21-28(23-32(41)30(22-27-11-4-3-5-12-27)38-34(42)31-25-36-14-15-37-31)35-39(16-6-8-19-48-35,17-7-9-20-49-35)18-10-13-29(40)24-33(50(43)44)51(45,46)47/h3-5,11-12,14-15,25-26,28,30,33H,6-10,13,16-24H2,1-2H3,(H3-,38,42,43,44,45,46,47)/p+1/t28-,30+,33?,35?,39?/m1/s1. The molecular formula is C34H52BN4O10P2+. The molecule has 2 aliphatic rings. The zero-order valence-corrected chi connectivity index (χ0v) is 31.3. The van der Waals surface area contributed by atoms with E-state index < -0.39 is 51.9 Å². The van der Waals surface area contributed by atoms with Crippen LogP contribution in [0.5, 0.6) is 0 Å². The molecule has 2 aliphatic heterocycles. The molecule has 51 heavy (non-hydrogen) atoms. The molecule has 14 nitrogen and oxygen atoms in total. The molecule has 4 rings (SSSR count). The van der Waals surface area contributed by atoms with Gasteiger partial charge in [-0.1, -0.05) is 50.6 Å². The number of nitrogens with zero attached hydrogens (tertiary/aromatic N) is 3. The summed E-state index contributed by atoms with van der Waals surface area (Å²) in [5, 5.41) is 0.993. The molecule has 1 amide bonds. The summed E-state index contributed by atoms with van der Waals surface area (Å²) in [4.78, 5) is 77.4. The Hall–Kier alpha value is -2.74. The van der Waals surface area contributed by atoms with Gasteiger partial charge in [0.25, 0.3) is 11.3 Å². The first-order valence-corrected chi connectivity index (χ1v) is 20.9. The SMILES string of the molecule is CC(C)C[C@H](CC(=O)[C@H](Cc1ccccc1)NC(=O)c1cnccn1)[B-]12OCCCC[N+]1(CCCC(=O)CC([P+](=O)O)P(=O)(O)O)CCCCO2. The fraction of sp³-hybridized carbons (Fsp3) is 0.618. The van der Waals surface area contributed by atoms with E-state index in [1.807, 2.05) is 30.3 Å². The number of aromatic nitrogens is 2. The molecule has 0 bridgehead atoms. The second-order valence-electron chi connectivity index (χ2n) is 14.4. The molecule has 1 aromatic heterocycles. The van der Waals surface area contributed by atoms with Gasteiger partial charge in [-0.2, -0.15) is 4.89 Å². The van der Waals surface area contributed by atoms with E-state index >= 15 is 0 Å². The number of ketones is 2. The van der Waals surface area contributed by atoms with Crippen molar-refractivity contribution in [3.05, 3.63) is 60.2 Å². The Morgan fingerprint density at radius 2 is 1.69 bits per heavy atom. The third-order valence-electron chi connectivity index (χ3n) is 10.2. The van der Waals surface area contributed by atoms with Crippen molar-refractivity contribution < 1.29 is 51.9 Å². The normalized spacial score (nSPS) is 23.2. The maximum atomic E-state index is 14.5. The van der Waals surface area contributed by atoms with Gasteiger partial charge in [-0.3, -0.25) is 23.9 Å². The summed E-state index contributed by atoms with van der Waals surface area (Å²) in [5.74, 6) is -1.34. The third kappa shape index (κ3) is 11.1. The molecule has 2 saturated heterocycles. The highest BCUT2D eigenvalue weighted by Crippen LogP contribution is 2.53. The zero-order chi connectivity index (χ0) is 37.1. The van der Waals surface area contributed by atoms with Gasteiger partial charge in [-0.15, -0.1) is 0 Å². The molecule has 2 aromatic rings. The number of fused-ring (bicyclic) bond motifs is 1. The second kappa shape index (κ2) is 18.8. The minimum Gasteiger partial charge on any atom is -0.513 e. The maximum absolute atomic E-state index is 14.5. The summed E-state index contributed by atoms with van der Waals surface area (Å²) in [7, 11) is -8.20. The van der Waals surface area contributed by atoms with Crippen LogP contribution in [0.3, 0.4) is 0 Å². The van der Waals surface area contributed by atoms with Crippen LogP contribution >= 0.6 is 15.6 Å². The number of nitrogens with one attached hydrogen (secondary N) is 1. The molecule has 1 aromatic carbocycles. The Morgan fingerprint density at radius 1 is 1.02 bits per heavy atom. The van der Waals surface area contributed by atoms with Crippen LogP contribution in [-0.2, 0) is 34.4 Å². The Bertz CT molecular complexity index is 1520. The van der Waals surface area contributed by atoms with Crippen LogP contribution in [0, 0.1) is 5.92 Å². The van der Waals surface area contributed by atoms with E-state index in [-0.39, 0.29) is 42.5 Å². The predicted octanol–water partition coefficient (Wildman–Crippen LogP) is 4.55. The van der Waals surface area contributed by atoms with Gasteiger partial charge in [-0.25, -0.2) is 4.98 Å². The van der Waals surface area contributed by atoms with E-state index in [0.29, 0.717) is 50.1 Å². The number of hydrogen-bond donors (Lipinski definition) is 4. The smallest absolute Gasteiger partial charge is 0.513 e. The predicted molar refractivity (Wildman–Crippen MR) is 192 cm³/mol. The van der Waals surface area contributed by atoms with E-state index in [0.717, 1.165) is 31.2 Å². The van der Waals surface area contributed by atoms with Gasteiger partial charge in [0.05, 0.1) is 18.7 Å². The van der Waals surface area contributed by atoms with Crippen LogP contribution in [0.4, 0.5) is 0 Å². The number of carbonyl (C=O) groups excluding carboxylic acids is 3. The van der Waals surface area contributed by atoms with E-state index in [1.165, 1.54) is 18.6 Å². The lowest BCUT2D eigenvalue weighted by molar-refractivity contribution is -0.850. The van der Waals surface area contributed by atoms with Crippen LogP contribution < -0.4 is 5.32 Å². The summed E-state index contributed by atoms with van der Waals surface area (Å²) in [6, 6.07) is 8.62. The molecule has 0 spiro atoms. The van der Waals surface area contributed by atoms with Crippen LogP contribution in [0.25, 0.3) is 0 Å². The van der Waals surface area contributed by atoms with Gasteiger partial charge in [0.15, 0.2) is 5.78 Å². The van der Waals surface area contributed by atoms with Crippen molar-refractivity contribution in [3.63, 3.8) is 0 Å². The van der Waals surface area contributed by atoms with Crippen molar-refractivity contribution in [3.8, 4) is 0 Å². The van der Waals surface area contributed by atoms with E-state index in [2.05, 4.69) is 29.1 Å². The Morgan fingerprint density at radius 3 is 2.25 bits per heavy atom. The quantitative estimate of drug-likeness (QED) is 0.123. The lowest BCUT2D eigenvalue weighted by atomic mass is 9.49. The molecule has 0 radical (unpaired) electrons. The third-order valence-corrected chi connectivity index (χ3v) is 13.3. The molecule has 2 fully saturated rings. The summed E-state index contributed by atoms with van der Waals surface area (Å²) >= 11 is 0. The molecule has 3 heterocycles. The van der Waals surface area contributed by atoms with Crippen molar-refractivity contribution >= 4 is 39.8 Å². The van der Waals surface area contributed by atoms with Gasteiger partial charge < -0.3 is 28.8 Å². The zero-order valence-electron chi connectivity index (χ0n) is 29.5. The van der Waals surface area contributed by atoms with Crippen LogP contribution in [-0.4, -0.2) is 97.5 Å². The van der Waals surface area contributed by atoms with Crippen LogP contribution in [0.1, 0.15) is 87.7 Å². The molecule has 17 heteroatoms. The summed E-state index contributed by atoms with van der Waals surface area (Å²) in [6.45, 7) is 4.80. The van der Waals surface area contributed by atoms with Crippen LogP contribution in [0.15, 0.2) is 48.9 Å². The molecule has 0 saturated carbocycles. The second-order valence-corrected chi connectivity index (χ2v) is 17.8. The molecule has 0 aliphatic carbocycles. The summed E-state index contributed by atoms with van der Waals surface area (Å²) in [6.07, 6.45) is 8.14. The van der Waals surface area contributed by atoms with Gasteiger partial charge in [0.1, 0.15) is 11.5 Å². The first-order valence-electron chi connectivity index (χ1n) is 17.9. The number of benzene rings is 1. The lowest BCUT2D eigenvalue weighted by Crippen LogP contribution is -2.73. The van der Waals surface area contributed by atoms with Crippen molar-refractivity contribution in [1.82, 2.24) is 15.3 Å². The van der Waals surface area contributed by atoms with Crippen LogP contribution in [0.2, 0.25) is 5.82 Å². The minimum atomic E-state index is -4.95. The number of Topliss-reactive ketones (excluding diaryl/α,β-unsaturated/α-hetero) is 2. The van der Waals surface area contributed by atoms with Gasteiger partial charge in [-0.05, 0) is 66.8 Å². The average molecular weight is 750 g/mol. The highest BCUT2D eigenvalue weighted by atomic mass is 31.2. The lowest BCUT2D eigenvalue weighted by Gasteiger charge is -2.60. The number of rotatable bonds is 18. The maximum Gasteiger partial charge on any atom is 0.522 e. The van der Waals surface area contributed by atoms with Gasteiger partial charge in [0.2, 0.25) is 0 Å². The monoisotopic (exact) mass is 749 g/mol. The Balaban J connectivity index is 1.64. The van der Waals surface area contributed by atoms with Gasteiger partial charge in [0, 0.05) is 51.7 Å². The largest absolute Gasteiger partial charge is 0.522 e. The summed E-state index contributed by atoms with van der Waals surface area (Å²) in [5.41, 5.74) is 0.990. The fourth-order valence-electron chi connectivity index (χ4n) is 7.90. The van der Waals surface area contributed by atoms with E-state index in [1.54, 1.807) is 0 Å². The van der Waals surface area contributed by atoms with Crippen molar-refractivity contribution in [2.24, 2.45) is 5.92 Å². The topological polar surface area (TPSA) is 202 Å². The number of amides is 1. The average Bonchev–Trinajstić information content (AvgIpc) is 3.37. The minimum absolute atomic E-state index is 0.0346. The molecule has 4 N–H and O–H groups in total. The van der Waals surface area contributed by atoms with E-state index in [4.69, 9.17) is 9.31 Å². The number of hydrogen-bond acceptors (Lipinski definition) is 9. The first kappa shape index (κ1) is 41.0. The van der Waals surface area contributed by atoms with Crippen molar-refractivity contribution in [1.29, 1.82) is 0 Å². The number of carbonyl (C=O) groups is 3. The Kier molecular flexibility index (Phi) is 15.2. The highest BCUT2D eigenvalue weighted by Gasteiger charge is 2.57. The first-order chi connectivity index (χ1) is 24.3. The summed E-state index contributed by atoms with van der Waals surface area (Å²) < 4.78 is 37.6. The highest BCUT2D eigenvalue weighted by molar-refractivity contribution is 7.65. The number of quaternary nitrogens is 1.